The van der Waals surface area contributed by atoms with E-state index in [-0.39, 0.29) is 5.22 Å². The monoisotopic (exact) mass is 289 g/mol. The van der Waals surface area contributed by atoms with Gasteiger partial charge >= 0.3 is 8.56 Å². The van der Waals surface area contributed by atoms with E-state index in [1.54, 1.807) is 21.3 Å². The first-order valence-corrected chi connectivity index (χ1v) is 8.82. The first-order valence-electron chi connectivity index (χ1n) is 6.39. The summed E-state index contributed by atoms with van der Waals surface area (Å²) in [5.41, 5.74) is 0. The molecule has 0 aliphatic carbocycles. The topological polar surface area (TPSA) is 40.0 Å². The van der Waals surface area contributed by atoms with E-state index in [4.69, 9.17) is 13.6 Å². The molecule has 18 heavy (non-hydrogen) atoms. The fourth-order valence-corrected chi connectivity index (χ4v) is 7.02. The molecular formula is C12H23NO3SSi. The average molecular weight is 289 g/mol. The molecule has 0 radical (unpaired) electrons. The van der Waals surface area contributed by atoms with E-state index in [1.165, 1.54) is 6.42 Å². The zero-order valence-electron chi connectivity index (χ0n) is 11.5. The third-order valence-corrected chi connectivity index (χ3v) is 8.55. The Balaban J connectivity index is 2.81. The first kappa shape index (κ1) is 16.0. The summed E-state index contributed by atoms with van der Waals surface area (Å²) in [5, 5.41) is 2.16. The number of rotatable bonds is 7. The van der Waals surface area contributed by atoms with Crippen LogP contribution in [0.3, 0.4) is 0 Å². The van der Waals surface area contributed by atoms with E-state index in [9.17, 15) is 0 Å². The van der Waals surface area contributed by atoms with Crippen molar-refractivity contribution in [2.75, 3.05) is 27.9 Å². The molecule has 0 aromatic carbocycles. The molecule has 1 rings (SSSR count). The Bertz CT molecular complexity index is 306. The highest BCUT2D eigenvalue weighted by molar-refractivity contribution is 7.78. The molecule has 1 aliphatic rings. The lowest BCUT2D eigenvalue weighted by atomic mass is 10.1. The molecule has 0 amide bonds. The van der Waals surface area contributed by atoms with Crippen LogP contribution in [0.4, 0.5) is 0 Å². The van der Waals surface area contributed by atoms with Crippen molar-refractivity contribution >= 4 is 25.9 Å². The minimum absolute atomic E-state index is 0.244. The fraction of sp³-hybridized carbons (Fsp3) is 0.917. The molecule has 104 valence electrons. The van der Waals surface area contributed by atoms with Crippen LogP contribution < -0.4 is 0 Å². The van der Waals surface area contributed by atoms with Crippen molar-refractivity contribution in [3.05, 3.63) is 0 Å². The van der Waals surface area contributed by atoms with Gasteiger partial charge < -0.3 is 13.6 Å². The van der Waals surface area contributed by atoms with Gasteiger partial charge in [-0.15, -0.1) is 0 Å². The van der Waals surface area contributed by atoms with Gasteiger partial charge in [-0.3, -0.25) is 0 Å². The predicted molar refractivity (Wildman–Crippen MR) is 77.3 cm³/mol. The van der Waals surface area contributed by atoms with Gasteiger partial charge in [0.25, 0.3) is 0 Å². The van der Waals surface area contributed by atoms with Crippen molar-refractivity contribution in [1.29, 1.82) is 0 Å². The largest absolute Gasteiger partial charge is 0.396 e. The maximum Gasteiger partial charge on any atom is 0.370 e. The Kier molecular flexibility index (Phi) is 6.63. The highest BCUT2D eigenvalue weighted by atomic mass is 32.1. The normalized spacial score (nSPS) is 26.6. The number of hydrogen-bond acceptors (Lipinski definition) is 5. The molecule has 0 N–H and O–H groups in total. The van der Waals surface area contributed by atoms with Crippen molar-refractivity contribution in [3.63, 3.8) is 0 Å². The van der Waals surface area contributed by atoms with Crippen LogP contribution in [0.5, 0.6) is 0 Å². The molecule has 0 aromatic rings. The second-order valence-electron chi connectivity index (χ2n) is 4.64. The third-order valence-electron chi connectivity index (χ3n) is 4.00. The molecular weight excluding hydrogens is 266 g/mol. The van der Waals surface area contributed by atoms with Gasteiger partial charge in [0.05, 0.1) is 5.16 Å². The highest BCUT2D eigenvalue weighted by Crippen LogP contribution is 2.42. The van der Waals surface area contributed by atoms with Crippen molar-refractivity contribution in [3.8, 4) is 0 Å². The summed E-state index contributed by atoms with van der Waals surface area (Å²) < 4.78 is 17.5. The molecule has 0 aromatic heterocycles. The summed E-state index contributed by atoms with van der Waals surface area (Å²) in [6, 6.07) is 1.00. The minimum Gasteiger partial charge on any atom is -0.396 e. The van der Waals surface area contributed by atoms with Gasteiger partial charge in [0.1, 0.15) is 5.22 Å². The average Bonchev–Trinajstić information content (AvgIpc) is 2.44. The lowest BCUT2D eigenvalue weighted by Gasteiger charge is -2.48. The Morgan fingerprint density at radius 1 is 1.28 bits per heavy atom. The van der Waals surface area contributed by atoms with Crippen LogP contribution in [0.2, 0.25) is 6.04 Å². The molecule has 4 nitrogen and oxygen atoms in total. The van der Waals surface area contributed by atoms with Gasteiger partial charge in [-0.2, -0.15) is 0 Å². The number of thiocarbonyl (C=S) groups is 1. The van der Waals surface area contributed by atoms with Gasteiger partial charge in [0.2, 0.25) is 0 Å². The molecule has 0 bridgehead atoms. The quantitative estimate of drug-likeness (QED) is 0.313. The second kappa shape index (κ2) is 7.48. The van der Waals surface area contributed by atoms with E-state index >= 15 is 0 Å². The van der Waals surface area contributed by atoms with Crippen LogP contribution >= 0.6 is 12.2 Å². The number of nitrogens with zero attached hydrogens (tertiary/aromatic N) is 1. The van der Waals surface area contributed by atoms with Gasteiger partial charge in [0, 0.05) is 27.9 Å². The minimum atomic E-state index is -2.28. The fourth-order valence-electron chi connectivity index (χ4n) is 3.01. The van der Waals surface area contributed by atoms with Crippen LogP contribution in [-0.4, -0.2) is 46.8 Å². The molecule has 1 aliphatic heterocycles. The highest BCUT2D eigenvalue weighted by Gasteiger charge is 2.58. The lowest BCUT2D eigenvalue weighted by Crippen LogP contribution is -2.64. The number of methoxy groups -OCH3 is 1. The first-order chi connectivity index (χ1) is 8.70. The summed E-state index contributed by atoms with van der Waals surface area (Å²) in [5.74, 6) is 0. The predicted octanol–water partition coefficient (Wildman–Crippen LogP) is 2.71. The molecule has 1 unspecified atom stereocenters. The number of aliphatic imine (C=N–C) groups is 1. The molecule has 1 saturated heterocycles. The van der Waals surface area contributed by atoms with Crippen LogP contribution in [0.25, 0.3) is 0 Å². The zero-order chi connectivity index (χ0) is 13.5. The summed E-state index contributed by atoms with van der Waals surface area (Å²) in [6.45, 7) is 0.701. The number of hydrogen-bond donors (Lipinski definition) is 0. The lowest BCUT2D eigenvalue weighted by molar-refractivity contribution is -0.0152. The Morgan fingerprint density at radius 2 is 2.00 bits per heavy atom. The molecule has 1 atom stereocenters. The molecule has 0 spiro atoms. The van der Waals surface area contributed by atoms with Crippen molar-refractivity contribution < 1.29 is 13.6 Å². The van der Waals surface area contributed by atoms with Crippen molar-refractivity contribution in [1.82, 2.24) is 0 Å². The Hall–Kier alpha value is -0.103. The van der Waals surface area contributed by atoms with Gasteiger partial charge in [-0.05, 0) is 37.5 Å². The summed E-state index contributed by atoms with van der Waals surface area (Å²) in [7, 11) is 3.00. The van der Waals surface area contributed by atoms with E-state index in [0.29, 0.717) is 6.54 Å². The van der Waals surface area contributed by atoms with Crippen LogP contribution in [0, 0.1) is 0 Å². The second-order valence-corrected chi connectivity index (χ2v) is 8.56. The van der Waals surface area contributed by atoms with Gasteiger partial charge in [-0.25, -0.2) is 4.99 Å². The smallest absolute Gasteiger partial charge is 0.370 e. The van der Waals surface area contributed by atoms with E-state index in [2.05, 4.69) is 22.4 Å². The van der Waals surface area contributed by atoms with E-state index in [0.717, 1.165) is 31.7 Å². The van der Waals surface area contributed by atoms with Crippen molar-refractivity contribution in [2.24, 2.45) is 4.99 Å². The number of ether oxygens (including phenoxy) is 1. The van der Waals surface area contributed by atoms with Crippen LogP contribution in [0.15, 0.2) is 4.99 Å². The van der Waals surface area contributed by atoms with Gasteiger partial charge in [-0.1, -0.05) is 12.8 Å². The van der Waals surface area contributed by atoms with Crippen LogP contribution in [0.1, 0.15) is 32.1 Å². The maximum absolute atomic E-state index is 5.88. The molecule has 6 heteroatoms. The van der Waals surface area contributed by atoms with E-state index in [1.807, 2.05) is 0 Å². The van der Waals surface area contributed by atoms with Gasteiger partial charge in [0.15, 0.2) is 0 Å². The zero-order valence-corrected chi connectivity index (χ0v) is 13.3. The standard InChI is InChI=1S/C12H23NO3SSi/c1-14-12(8-6-9-13-11-17)7-4-5-10-18(12,15-2)16-3/h4-10H2,1-3H3. The van der Waals surface area contributed by atoms with Crippen molar-refractivity contribution in [2.45, 2.75) is 43.4 Å². The SMILES string of the molecule is COC1(CCCN=C=S)CCCC[Si]1(OC)OC. The van der Waals surface area contributed by atoms with Crippen LogP contribution in [-0.2, 0) is 13.6 Å². The summed E-state index contributed by atoms with van der Waals surface area (Å²) in [4.78, 5) is 3.96. The number of isothiocyanates is 1. The Morgan fingerprint density at radius 3 is 2.56 bits per heavy atom. The molecule has 1 fully saturated rings. The summed E-state index contributed by atoms with van der Waals surface area (Å²) >= 11 is 4.58. The molecule has 0 saturated carbocycles. The third kappa shape index (κ3) is 3.07. The summed E-state index contributed by atoms with van der Waals surface area (Å²) in [6.07, 6.45) is 5.19. The maximum atomic E-state index is 5.88. The molecule has 1 heterocycles. The van der Waals surface area contributed by atoms with E-state index < -0.39 is 8.56 Å². The Labute approximate surface area is 116 Å².